The second kappa shape index (κ2) is 10.6. The molecule has 0 radical (unpaired) electrons. The minimum absolute atomic E-state index is 0.0396. The summed E-state index contributed by atoms with van der Waals surface area (Å²) in [6, 6.07) is 7.34. The molecule has 0 unspecified atom stereocenters. The third kappa shape index (κ3) is 6.07. The van der Waals surface area contributed by atoms with Crippen LogP contribution >= 0.6 is 0 Å². The molecule has 1 aliphatic heterocycles. The third-order valence-corrected chi connectivity index (χ3v) is 5.15. The standard InChI is InChI=1S/C22H28N4O5/c1-3-31-22(29)17-8-6-10-25(13-17)21(28)15-26-14-18(12-23-26)24-20(27)11-16-7-4-5-9-19(16)30-2/h4-5,7,9,12,14,17H,3,6,8,10-11,13,15H2,1-2H3,(H,24,27)/t17-/m0/s1. The summed E-state index contributed by atoms with van der Waals surface area (Å²) in [6.45, 7) is 3.12. The summed E-state index contributed by atoms with van der Waals surface area (Å²) in [5.41, 5.74) is 1.29. The molecule has 1 N–H and O–H groups in total. The molecular weight excluding hydrogens is 400 g/mol. The molecule has 0 spiro atoms. The molecule has 0 saturated carbocycles. The minimum Gasteiger partial charge on any atom is -0.496 e. The number of rotatable bonds is 8. The molecule has 9 heteroatoms. The Labute approximate surface area is 181 Å². The summed E-state index contributed by atoms with van der Waals surface area (Å²) < 4.78 is 11.8. The number of anilines is 1. The van der Waals surface area contributed by atoms with Crippen molar-refractivity contribution in [3.63, 3.8) is 0 Å². The predicted octanol–water partition coefficient (Wildman–Crippen LogP) is 1.87. The fourth-order valence-corrected chi connectivity index (χ4v) is 3.64. The highest BCUT2D eigenvalue weighted by Gasteiger charge is 2.29. The normalized spacial score (nSPS) is 15.9. The van der Waals surface area contributed by atoms with Gasteiger partial charge in [0.2, 0.25) is 11.8 Å². The van der Waals surface area contributed by atoms with E-state index < -0.39 is 0 Å². The van der Waals surface area contributed by atoms with Gasteiger partial charge in [-0.05, 0) is 25.8 Å². The molecule has 0 aliphatic carbocycles. The smallest absolute Gasteiger partial charge is 0.310 e. The van der Waals surface area contributed by atoms with Gasteiger partial charge >= 0.3 is 5.97 Å². The van der Waals surface area contributed by atoms with Crippen LogP contribution in [0.1, 0.15) is 25.3 Å². The number of para-hydroxylation sites is 1. The first kappa shape index (κ1) is 22.3. The van der Waals surface area contributed by atoms with Crippen LogP contribution in [0.25, 0.3) is 0 Å². The lowest BCUT2D eigenvalue weighted by molar-refractivity contribution is -0.151. The molecule has 166 valence electrons. The fraction of sp³-hybridized carbons (Fsp3) is 0.455. The zero-order chi connectivity index (χ0) is 22.2. The maximum absolute atomic E-state index is 12.6. The Balaban J connectivity index is 1.53. The number of carbonyl (C=O) groups is 3. The lowest BCUT2D eigenvalue weighted by atomic mass is 9.98. The molecule has 1 saturated heterocycles. The summed E-state index contributed by atoms with van der Waals surface area (Å²) in [7, 11) is 1.56. The van der Waals surface area contributed by atoms with Gasteiger partial charge in [-0.1, -0.05) is 18.2 Å². The molecule has 2 aromatic rings. The highest BCUT2D eigenvalue weighted by Crippen LogP contribution is 2.20. The van der Waals surface area contributed by atoms with E-state index in [4.69, 9.17) is 9.47 Å². The minimum atomic E-state index is -0.278. The van der Waals surface area contributed by atoms with Crippen LogP contribution in [0.15, 0.2) is 36.7 Å². The van der Waals surface area contributed by atoms with Crippen molar-refractivity contribution in [3.05, 3.63) is 42.2 Å². The molecule has 1 aromatic heterocycles. The van der Waals surface area contributed by atoms with E-state index in [1.54, 1.807) is 31.2 Å². The molecule has 1 aromatic carbocycles. The van der Waals surface area contributed by atoms with E-state index in [2.05, 4.69) is 10.4 Å². The van der Waals surface area contributed by atoms with E-state index in [0.29, 0.717) is 31.1 Å². The first-order valence-electron chi connectivity index (χ1n) is 10.4. The van der Waals surface area contributed by atoms with Crippen molar-refractivity contribution in [1.82, 2.24) is 14.7 Å². The maximum Gasteiger partial charge on any atom is 0.310 e. The summed E-state index contributed by atoms with van der Waals surface area (Å²) in [5, 5.41) is 6.95. The Morgan fingerprint density at radius 3 is 2.84 bits per heavy atom. The van der Waals surface area contributed by atoms with Gasteiger partial charge in [0, 0.05) is 24.8 Å². The number of carbonyl (C=O) groups excluding carboxylic acids is 3. The quantitative estimate of drug-likeness (QED) is 0.644. The number of esters is 1. The topological polar surface area (TPSA) is 103 Å². The molecule has 1 atom stereocenters. The Kier molecular flexibility index (Phi) is 7.64. The number of hydrogen-bond acceptors (Lipinski definition) is 6. The second-order valence-electron chi connectivity index (χ2n) is 7.39. The average molecular weight is 428 g/mol. The number of methoxy groups -OCH3 is 1. The van der Waals surface area contributed by atoms with Crippen LogP contribution in [0.3, 0.4) is 0 Å². The molecule has 0 bridgehead atoms. The lowest BCUT2D eigenvalue weighted by Crippen LogP contribution is -2.44. The Bertz CT molecular complexity index is 926. The van der Waals surface area contributed by atoms with E-state index in [0.717, 1.165) is 18.4 Å². The summed E-state index contributed by atoms with van der Waals surface area (Å²) >= 11 is 0. The first-order valence-corrected chi connectivity index (χ1v) is 10.4. The SMILES string of the molecule is CCOC(=O)[C@H]1CCCN(C(=O)Cn2cc(NC(=O)Cc3ccccc3OC)cn2)C1. The number of aromatic nitrogens is 2. The fourth-order valence-electron chi connectivity index (χ4n) is 3.64. The number of ether oxygens (including phenoxy) is 2. The van der Waals surface area contributed by atoms with E-state index >= 15 is 0 Å². The van der Waals surface area contributed by atoms with E-state index in [-0.39, 0.29) is 36.7 Å². The zero-order valence-electron chi connectivity index (χ0n) is 17.9. The van der Waals surface area contributed by atoms with E-state index in [9.17, 15) is 14.4 Å². The van der Waals surface area contributed by atoms with Crippen LogP contribution in [-0.4, -0.2) is 59.3 Å². The molecular formula is C22H28N4O5. The van der Waals surface area contributed by atoms with Gasteiger partial charge in [0.05, 0.1) is 37.9 Å². The van der Waals surface area contributed by atoms with Crippen LogP contribution in [0, 0.1) is 5.92 Å². The van der Waals surface area contributed by atoms with Gasteiger partial charge < -0.3 is 19.7 Å². The molecule has 1 fully saturated rings. The molecule has 3 rings (SSSR count). The Hall–Kier alpha value is -3.36. The molecule has 31 heavy (non-hydrogen) atoms. The van der Waals surface area contributed by atoms with Gasteiger partial charge in [0.25, 0.3) is 0 Å². The van der Waals surface area contributed by atoms with Crippen molar-refractivity contribution < 1.29 is 23.9 Å². The highest BCUT2D eigenvalue weighted by molar-refractivity contribution is 5.92. The predicted molar refractivity (Wildman–Crippen MR) is 113 cm³/mol. The molecule has 1 aliphatic rings. The van der Waals surface area contributed by atoms with Crippen LogP contribution < -0.4 is 10.1 Å². The van der Waals surface area contributed by atoms with Gasteiger partial charge in [-0.3, -0.25) is 19.1 Å². The highest BCUT2D eigenvalue weighted by atomic mass is 16.5. The molecule has 2 amide bonds. The van der Waals surface area contributed by atoms with Crippen LogP contribution in [0.4, 0.5) is 5.69 Å². The Morgan fingerprint density at radius 2 is 2.06 bits per heavy atom. The number of benzene rings is 1. The maximum atomic E-state index is 12.6. The summed E-state index contributed by atoms with van der Waals surface area (Å²) in [4.78, 5) is 38.7. The average Bonchev–Trinajstić information content (AvgIpc) is 3.20. The number of nitrogens with one attached hydrogen (secondary N) is 1. The van der Waals surface area contributed by atoms with Crippen LogP contribution in [-0.2, 0) is 32.1 Å². The van der Waals surface area contributed by atoms with Crippen molar-refractivity contribution in [2.45, 2.75) is 32.7 Å². The van der Waals surface area contributed by atoms with Gasteiger partial charge in [-0.15, -0.1) is 0 Å². The van der Waals surface area contributed by atoms with Gasteiger partial charge in [-0.25, -0.2) is 0 Å². The van der Waals surface area contributed by atoms with Crippen molar-refractivity contribution in [2.75, 3.05) is 32.1 Å². The zero-order valence-corrected chi connectivity index (χ0v) is 17.9. The second-order valence-corrected chi connectivity index (χ2v) is 7.39. The van der Waals surface area contributed by atoms with Gasteiger partial charge in [0.1, 0.15) is 12.3 Å². The number of hydrogen-bond donors (Lipinski definition) is 1. The first-order chi connectivity index (χ1) is 15.0. The Morgan fingerprint density at radius 1 is 1.26 bits per heavy atom. The van der Waals surface area contributed by atoms with Crippen LogP contribution in [0.5, 0.6) is 5.75 Å². The summed E-state index contributed by atoms with van der Waals surface area (Å²) in [5.74, 6) is -0.200. The lowest BCUT2D eigenvalue weighted by Gasteiger charge is -2.31. The van der Waals surface area contributed by atoms with E-state index in [1.807, 2.05) is 18.2 Å². The van der Waals surface area contributed by atoms with Gasteiger partial charge in [0.15, 0.2) is 0 Å². The van der Waals surface area contributed by atoms with Crippen molar-refractivity contribution in [2.24, 2.45) is 5.92 Å². The van der Waals surface area contributed by atoms with E-state index in [1.165, 1.54) is 10.9 Å². The molecule has 2 heterocycles. The third-order valence-electron chi connectivity index (χ3n) is 5.15. The number of piperidine rings is 1. The number of nitrogens with zero attached hydrogens (tertiary/aromatic N) is 3. The van der Waals surface area contributed by atoms with Crippen molar-refractivity contribution in [1.29, 1.82) is 0 Å². The number of likely N-dealkylation sites (tertiary alicyclic amines) is 1. The largest absolute Gasteiger partial charge is 0.496 e. The van der Waals surface area contributed by atoms with Crippen LogP contribution in [0.2, 0.25) is 0 Å². The van der Waals surface area contributed by atoms with Crippen molar-refractivity contribution >= 4 is 23.5 Å². The number of amides is 2. The van der Waals surface area contributed by atoms with Gasteiger partial charge in [-0.2, -0.15) is 5.10 Å². The summed E-state index contributed by atoms with van der Waals surface area (Å²) in [6.07, 6.45) is 4.78. The van der Waals surface area contributed by atoms with Crippen molar-refractivity contribution in [3.8, 4) is 5.75 Å². The monoisotopic (exact) mass is 428 g/mol. The molecule has 9 nitrogen and oxygen atoms in total.